The molecule has 24 heavy (non-hydrogen) atoms. The van der Waals surface area contributed by atoms with E-state index in [4.69, 9.17) is 28.5 Å². The molecule has 10 heteroatoms. The fraction of sp³-hybridized carbons (Fsp3) is 0.357. The number of halogens is 2. The number of aliphatic imine (C=N–C) groups is 1. The molecule has 2 heterocycles. The Morgan fingerprint density at radius 3 is 2.83 bits per heavy atom. The van der Waals surface area contributed by atoms with Gasteiger partial charge in [0.1, 0.15) is 6.42 Å². The van der Waals surface area contributed by atoms with Crippen LogP contribution < -0.4 is 4.90 Å². The smallest absolute Gasteiger partial charge is 0.262 e. The molecular formula is C14H11Cl2N3O3S2. The zero-order valence-electron chi connectivity index (χ0n) is 12.1. The van der Waals surface area contributed by atoms with E-state index in [2.05, 4.69) is 4.99 Å². The van der Waals surface area contributed by atoms with Crippen molar-refractivity contribution < 1.29 is 13.2 Å². The molecule has 1 aromatic rings. The van der Waals surface area contributed by atoms with Crippen LogP contribution in [0.5, 0.6) is 0 Å². The first-order valence-electron chi connectivity index (χ1n) is 6.90. The van der Waals surface area contributed by atoms with E-state index >= 15 is 0 Å². The summed E-state index contributed by atoms with van der Waals surface area (Å²) >= 11 is 13.4. The fourth-order valence-electron chi connectivity index (χ4n) is 2.74. The SMILES string of the molecule is N#CCC(=O)N=C1S[C@@H]2CS(=O)(=O)C[C@H]2N1c1ccc(Cl)cc1Cl. The van der Waals surface area contributed by atoms with Crippen LogP contribution in [0.3, 0.4) is 0 Å². The van der Waals surface area contributed by atoms with Crippen LogP contribution in [0.4, 0.5) is 5.69 Å². The second kappa shape index (κ2) is 6.56. The molecule has 0 aliphatic carbocycles. The monoisotopic (exact) mass is 403 g/mol. The molecule has 0 radical (unpaired) electrons. The standard InChI is InChI=1S/C14H11Cl2N3O3S2/c15-8-1-2-10(9(16)5-8)19-11-6-24(21,22)7-12(11)23-14(19)18-13(20)3-4-17/h1-2,5,11-12H,3,6-7H2/t11-,12-/m1/s1. The van der Waals surface area contributed by atoms with Crippen LogP contribution in [-0.4, -0.2) is 42.3 Å². The number of anilines is 1. The number of carbonyl (C=O) groups is 1. The predicted octanol–water partition coefficient (Wildman–Crippen LogP) is 2.51. The number of benzene rings is 1. The Balaban J connectivity index is 2.05. The number of rotatable bonds is 2. The summed E-state index contributed by atoms with van der Waals surface area (Å²) in [4.78, 5) is 17.4. The molecule has 126 valence electrons. The Labute approximate surface area is 153 Å². The highest BCUT2D eigenvalue weighted by Crippen LogP contribution is 2.43. The first-order valence-corrected chi connectivity index (χ1v) is 10.4. The lowest BCUT2D eigenvalue weighted by atomic mass is 10.2. The van der Waals surface area contributed by atoms with Crippen LogP contribution >= 0.6 is 35.0 Å². The minimum Gasteiger partial charge on any atom is -0.314 e. The molecule has 0 saturated carbocycles. The van der Waals surface area contributed by atoms with E-state index in [1.54, 1.807) is 29.2 Å². The highest BCUT2D eigenvalue weighted by Gasteiger charge is 2.49. The summed E-state index contributed by atoms with van der Waals surface area (Å²) in [5.41, 5.74) is 0.543. The fourth-order valence-corrected chi connectivity index (χ4v) is 7.16. The van der Waals surface area contributed by atoms with Crippen LogP contribution in [0.25, 0.3) is 0 Å². The Hall–Kier alpha value is -1.27. The van der Waals surface area contributed by atoms with Crippen LogP contribution in [0.2, 0.25) is 10.0 Å². The quantitative estimate of drug-likeness (QED) is 0.753. The zero-order valence-corrected chi connectivity index (χ0v) is 15.3. The van der Waals surface area contributed by atoms with E-state index < -0.39 is 15.7 Å². The Kier molecular flexibility index (Phi) is 4.80. The zero-order chi connectivity index (χ0) is 17.5. The summed E-state index contributed by atoms with van der Waals surface area (Å²) in [5, 5.41) is 9.55. The lowest BCUT2D eigenvalue weighted by Gasteiger charge is -2.25. The van der Waals surface area contributed by atoms with Gasteiger partial charge in [-0.15, -0.1) is 0 Å². The molecule has 2 fully saturated rings. The molecule has 1 amide bonds. The van der Waals surface area contributed by atoms with E-state index in [1.807, 2.05) is 0 Å². The number of nitrogens with zero attached hydrogens (tertiary/aromatic N) is 3. The highest BCUT2D eigenvalue weighted by atomic mass is 35.5. The molecule has 0 unspecified atom stereocenters. The van der Waals surface area contributed by atoms with Gasteiger partial charge in [0, 0.05) is 10.3 Å². The van der Waals surface area contributed by atoms with Crippen LogP contribution in [0.15, 0.2) is 23.2 Å². The van der Waals surface area contributed by atoms with Crippen molar-refractivity contribution in [2.24, 2.45) is 4.99 Å². The molecule has 6 nitrogen and oxygen atoms in total. The first-order chi connectivity index (χ1) is 11.3. The molecule has 2 saturated heterocycles. The van der Waals surface area contributed by atoms with Gasteiger partial charge in [0.15, 0.2) is 15.0 Å². The van der Waals surface area contributed by atoms with Crippen LogP contribution in [-0.2, 0) is 14.6 Å². The van der Waals surface area contributed by atoms with Crippen molar-refractivity contribution in [1.82, 2.24) is 0 Å². The Bertz CT molecular complexity index is 880. The van der Waals surface area contributed by atoms with Crippen LogP contribution in [0, 0.1) is 11.3 Å². The van der Waals surface area contributed by atoms with Crippen molar-refractivity contribution >= 4 is 61.6 Å². The number of fused-ring (bicyclic) bond motifs is 1. The second-order valence-corrected chi connectivity index (χ2v) is 9.59. The molecule has 1 aromatic carbocycles. The largest absolute Gasteiger partial charge is 0.314 e. The lowest BCUT2D eigenvalue weighted by molar-refractivity contribution is -0.116. The Morgan fingerprint density at radius 2 is 2.17 bits per heavy atom. The summed E-state index contributed by atoms with van der Waals surface area (Å²) in [6.07, 6.45) is -0.333. The van der Waals surface area contributed by atoms with Crippen molar-refractivity contribution in [3.63, 3.8) is 0 Å². The molecule has 3 rings (SSSR count). The van der Waals surface area contributed by atoms with Gasteiger partial charge in [0.25, 0.3) is 5.91 Å². The van der Waals surface area contributed by atoms with E-state index in [-0.39, 0.29) is 29.2 Å². The normalized spacial score (nSPS) is 26.4. The number of sulfone groups is 1. The third-order valence-corrected chi connectivity index (χ3v) is 7.43. The number of carbonyl (C=O) groups excluding carboxylic acids is 1. The van der Waals surface area contributed by atoms with Crippen molar-refractivity contribution in [1.29, 1.82) is 5.26 Å². The topological polar surface area (TPSA) is 90.6 Å². The number of amidine groups is 1. The summed E-state index contributed by atoms with van der Waals surface area (Å²) in [6.45, 7) is 0. The predicted molar refractivity (Wildman–Crippen MR) is 95.4 cm³/mol. The van der Waals surface area contributed by atoms with Gasteiger partial charge in [-0.1, -0.05) is 35.0 Å². The third-order valence-electron chi connectivity index (χ3n) is 3.69. The van der Waals surface area contributed by atoms with Crippen molar-refractivity contribution in [3.05, 3.63) is 28.2 Å². The Morgan fingerprint density at radius 1 is 1.42 bits per heavy atom. The van der Waals surface area contributed by atoms with Gasteiger partial charge in [-0.2, -0.15) is 10.3 Å². The first kappa shape index (κ1) is 17.5. The third kappa shape index (κ3) is 3.40. The molecular weight excluding hydrogens is 393 g/mol. The van der Waals surface area contributed by atoms with Crippen molar-refractivity contribution in [2.45, 2.75) is 17.7 Å². The van der Waals surface area contributed by atoms with Crippen molar-refractivity contribution in [2.75, 3.05) is 16.4 Å². The van der Waals surface area contributed by atoms with E-state index in [0.717, 1.165) is 0 Å². The summed E-state index contributed by atoms with van der Waals surface area (Å²) in [6, 6.07) is 6.26. The molecule has 0 aromatic heterocycles. The molecule has 0 bridgehead atoms. The lowest BCUT2D eigenvalue weighted by Crippen LogP contribution is -2.37. The van der Waals surface area contributed by atoms with Gasteiger partial charge in [0.2, 0.25) is 0 Å². The number of hydrogen-bond donors (Lipinski definition) is 0. The highest BCUT2D eigenvalue weighted by molar-refractivity contribution is 8.16. The number of nitriles is 1. The maximum Gasteiger partial charge on any atom is 0.262 e. The summed E-state index contributed by atoms with van der Waals surface area (Å²) < 4.78 is 23.9. The molecule has 2 aliphatic rings. The maximum atomic E-state index is 11.9. The minimum absolute atomic E-state index is 0.0233. The van der Waals surface area contributed by atoms with Gasteiger partial charge in [-0.25, -0.2) is 8.42 Å². The molecule has 2 aliphatic heterocycles. The van der Waals surface area contributed by atoms with E-state index in [0.29, 0.717) is 20.9 Å². The summed E-state index contributed by atoms with van der Waals surface area (Å²) in [7, 11) is -3.15. The van der Waals surface area contributed by atoms with Gasteiger partial charge < -0.3 is 4.90 Å². The number of thioether (sulfide) groups is 1. The second-order valence-electron chi connectivity index (χ2n) is 5.39. The van der Waals surface area contributed by atoms with Gasteiger partial charge in [-0.05, 0) is 18.2 Å². The number of amides is 1. The molecule has 0 N–H and O–H groups in total. The van der Waals surface area contributed by atoms with Crippen LogP contribution in [0.1, 0.15) is 6.42 Å². The average Bonchev–Trinajstić information content (AvgIpc) is 2.91. The number of hydrogen-bond acceptors (Lipinski definition) is 5. The minimum atomic E-state index is -3.15. The summed E-state index contributed by atoms with van der Waals surface area (Å²) in [5.74, 6) is -0.581. The van der Waals surface area contributed by atoms with Crippen molar-refractivity contribution in [3.8, 4) is 6.07 Å². The van der Waals surface area contributed by atoms with E-state index in [1.165, 1.54) is 11.8 Å². The van der Waals surface area contributed by atoms with Gasteiger partial charge in [-0.3, -0.25) is 4.79 Å². The molecule has 0 spiro atoms. The molecule has 2 atom stereocenters. The average molecular weight is 404 g/mol. The van der Waals surface area contributed by atoms with E-state index in [9.17, 15) is 13.2 Å². The van der Waals surface area contributed by atoms with Gasteiger partial charge in [0.05, 0.1) is 34.3 Å². The van der Waals surface area contributed by atoms with Gasteiger partial charge >= 0.3 is 0 Å². The maximum absolute atomic E-state index is 11.9.